The monoisotopic (exact) mass is 321 g/mol. The number of piperazine rings is 1. The summed E-state index contributed by atoms with van der Waals surface area (Å²) in [7, 11) is 0. The topological polar surface area (TPSA) is 50.5 Å². The Labute approximate surface area is 134 Å². The molecular formula is C16H20ClN3O2. The van der Waals surface area contributed by atoms with E-state index in [1.165, 1.54) is 12.8 Å². The molecule has 118 valence electrons. The van der Waals surface area contributed by atoms with Gasteiger partial charge in [-0.25, -0.2) is 0 Å². The predicted octanol–water partition coefficient (Wildman–Crippen LogP) is 3.07. The molecule has 5 nitrogen and oxygen atoms in total. The summed E-state index contributed by atoms with van der Waals surface area (Å²) in [4.78, 5) is 6.81. The number of rotatable bonds is 4. The summed E-state index contributed by atoms with van der Waals surface area (Å²) in [6.45, 7) is 5.66. The fourth-order valence-corrected chi connectivity index (χ4v) is 3.01. The van der Waals surface area contributed by atoms with Gasteiger partial charge in [-0.05, 0) is 31.7 Å². The quantitative estimate of drug-likeness (QED) is 0.938. The number of hydrogen-bond donors (Lipinski definition) is 1. The fourth-order valence-electron chi connectivity index (χ4n) is 2.81. The van der Waals surface area contributed by atoms with Crippen LogP contribution in [0.15, 0.2) is 16.5 Å². The van der Waals surface area contributed by atoms with Crippen molar-refractivity contribution in [2.45, 2.75) is 25.8 Å². The number of hydrogen-bond acceptors (Lipinski definition) is 5. The first-order valence-corrected chi connectivity index (χ1v) is 8.29. The lowest BCUT2D eigenvalue weighted by Crippen LogP contribution is -2.50. The molecule has 4 rings (SSSR count). The second-order valence-corrected chi connectivity index (χ2v) is 6.69. The van der Waals surface area contributed by atoms with Crippen LogP contribution in [0.2, 0.25) is 5.02 Å². The highest BCUT2D eigenvalue weighted by Gasteiger charge is 2.25. The summed E-state index contributed by atoms with van der Waals surface area (Å²) < 4.78 is 11.9. The first-order valence-electron chi connectivity index (χ1n) is 7.91. The molecule has 0 bridgehead atoms. The van der Waals surface area contributed by atoms with Gasteiger partial charge in [0.15, 0.2) is 11.3 Å². The zero-order chi connectivity index (χ0) is 15.1. The third-order valence-corrected chi connectivity index (χ3v) is 4.55. The van der Waals surface area contributed by atoms with Gasteiger partial charge in [-0.2, -0.15) is 4.98 Å². The Morgan fingerprint density at radius 1 is 1.45 bits per heavy atom. The second kappa shape index (κ2) is 5.63. The molecule has 1 saturated carbocycles. The summed E-state index contributed by atoms with van der Waals surface area (Å²) in [5, 5.41) is 4.00. The van der Waals surface area contributed by atoms with Gasteiger partial charge in [0.2, 0.25) is 0 Å². The van der Waals surface area contributed by atoms with Crippen LogP contribution in [-0.2, 0) is 0 Å². The van der Waals surface area contributed by atoms with Crippen molar-refractivity contribution in [1.82, 2.24) is 10.3 Å². The van der Waals surface area contributed by atoms with Crippen LogP contribution < -0.4 is 15.0 Å². The standard InChI is InChI=1S/C16H20ClN3O2/c1-10-8-18-4-5-20(10)16-19-13-6-12(17)7-14(15(13)22-16)21-9-11-2-3-11/h6-7,10-11,18H,2-5,8-9H2,1H3. The molecule has 0 spiro atoms. The molecule has 2 heterocycles. The number of nitrogens with one attached hydrogen (secondary N) is 1. The Balaban J connectivity index is 1.67. The van der Waals surface area contributed by atoms with Crippen LogP contribution in [0.5, 0.6) is 5.75 Å². The van der Waals surface area contributed by atoms with Crippen molar-refractivity contribution in [2.24, 2.45) is 5.92 Å². The molecule has 1 saturated heterocycles. The molecule has 1 aliphatic heterocycles. The third-order valence-electron chi connectivity index (χ3n) is 4.33. The van der Waals surface area contributed by atoms with Gasteiger partial charge in [0, 0.05) is 36.8 Å². The van der Waals surface area contributed by atoms with E-state index in [9.17, 15) is 0 Å². The number of ether oxygens (including phenoxy) is 1. The maximum atomic E-state index is 6.19. The number of nitrogens with zero attached hydrogens (tertiary/aromatic N) is 2. The average Bonchev–Trinajstić information content (AvgIpc) is 3.23. The van der Waals surface area contributed by atoms with Crippen LogP contribution in [0, 0.1) is 5.92 Å². The largest absolute Gasteiger partial charge is 0.489 e. The summed E-state index contributed by atoms with van der Waals surface area (Å²) in [5.41, 5.74) is 1.46. The van der Waals surface area contributed by atoms with Crippen molar-refractivity contribution in [1.29, 1.82) is 0 Å². The van der Waals surface area contributed by atoms with Gasteiger partial charge in [-0.1, -0.05) is 11.6 Å². The van der Waals surface area contributed by atoms with Gasteiger partial charge in [-0.3, -0.25) is 0 Å². The lowest BCUT2D eigenvalue weighted by atomic mass is 10.2. The molecular weight excluding hydrogens is 302 g/mol. The maximum absolute atomic E-state index is 6.19. The third kappa shape index (κ3) is 2.75. The lowest BCUT2D eigenvalue weighted by molar-refractivity contribution is 0.299. The van der Waals surface area contributed by atoms with Crippen LogP contribution >= 0.6 is 11.6 Å². The molecule has 1 N–H and O–H groups in total. The van der Waals surface area contributed by atoms with Gasteiger partial charge in [0.05, 0.1) is 6.61 Å². The molecule has 1 aliphatic carbocycles. The number of oxazole rings is 1. The Morgan fingerprint density at radius 3 is 3.09 bits per heavy atom. The molecule has 22 heavy (non-hydrogen) atoms. The normalized spacial score (nSPS) is 22.3. The highest BCUT2D eigenvalue weighted by molar-refractivity contribution is 6.31. The molecule has 0 amide bonds. The van der Waals surface area contributed by atoms with Crippen molar-refractivity contribution in [3.63, 3.8) is 0 Å². The SMILES string of the molecule is CC1CNCCN1c1nc2cc(Cl)cc(OCC3CC3)c2o1. The van der Waals surface area contributed by atoms with E-state index in [1.807, 2.05) is 12.1 Å². The van der Waals surface area contributed by atoms with E-state index in [-0.39, 0.29) is 0 Å². The van der Waals surface area contributed by atoms with Crippen molar-refractivity contribution < 1.29 is 9.15 Å². The van der Waals surface area contributed by atoms with E-state index in [0.29, 0.717) is 34.3 Å². The van der Waals surface area contributed by atoms with E-state index >= 15 is 0 Å². The molecule has 1 aromatic heterocycles. The summed E-state index contributed by atoms with van der Waals surface area (Å²) in [6.07, 6.45) is 2.51. The first-order chi connectivity index (χ1) is 10.7. The minimum absolute atomic E-state index is 0.355. The van der Waals surface area contributed by atoms with Crippen LogP contribution in [0.1, 0.15) is 19.8 Å². The Morgan fingerprint density at radius 2 is 2.32 bits per heavy atom. The second-order valence-electron chi connectivity index (χ2n) is 6.25. The van der Waals surface area contributed by atoms with E-state index in [2.05, 4.69) is 22.1 Å². The van der Waals surface area contributed by atoms with Crippen molar-refractivity contribution in [2.75, 3.05) is 31.1 Å². The Kier molecular flexibility index (Phi) is 3.62. The molecule has 6 heteroatoms. The summed E-state index contributed by atoms with van der Waals surface area (Å²) in [5.74, 6) is 1.39. The van der Waals surface area contributed by atoms with Gasteiger partial charge < -0.3 is 19.4 Å². The molecule has 1 atom stereocenters. The van der Waals surface area contributed by atoms with Crippen molar-refractivity contribution in [3.05, 3.63) is 17.2 Å². The highest BCUT2D eigenvalue weighted by atomic mass is 35.5. The molecule has 2 fully saturated rings. The van der Waals surface area contributed by atoms with Crippen LogP contribution in [0.4, 0.5) is 6.01 Å². The van der Waals surface area contributed by atoms with Gasteiger partial charge in [0.1, 0.15) is 5.52 Å². The van der Waals surface area contributed by atoms with Crippen LogP contribution in [0.25, 0.3) is 11.1 Å². The van der Waals surface area contributed by atoms with E-state index in [4.69, 9.17) is 20.8 Å². The number of halogens is 1. The Hall–Kier alpha value is -1.46. The minimum Gasteiger partial charge on any atom is -0.489 e. The summed E-state index contributed by atoms with van der Waals surface area (Å²) >= 11 is 6.19. The average molecular weight is 322 g/mol. The van der Waals surface area contributed by atoms with Crippen molar-refractivity contribution in [3.8, 4) is 5.75 Å². The molecule has 2 aliphatic rings. The maximum Gasteiger partial charge on any atom is 0.298 e. The van der Waals surface area contributed by atoms with E-state index in [0.717, 1.165) is 31.8 Å². The Bertz CT molecular complexity index is 683. The number of fused-ring (bicyclic) bond motifs is 1. The van der Waals surface area contributed by atoms with E-state index in [1.54, 1.807) is 0 Å². The smallest absolute Gasteiger partial charge is 0.298 e. The zero-order valence-corrected chi connectivity index (χ0v) is 13.4. The van der Waals surface area contributed by atoms with Crippen LogP contribution in [0.3, 0.4) is 0 Å². The number of aromatic nitrogens is 1. The van der Waals surface area contributed by atoms with E-state index < -0.39 is 0 Å². The molecule has 1 unspecified atom stereocenters. The first kappa shape index (κ1) is 14.2. The minimum atomic E-state index is 0.355. The summed E-state index contributed by atoms with van der Waals surface area (Å²) in [6, 6.07) is 4.67. The fraction of sp³-hybridized carbons (Fsp3) is 0.562. The van der Waals surface area contributed by atoms with Crippen LogP contribution in [-0.4, -0.2) is 37.3 Å². The van der Waals surface area contributed by atoms with Crippen molar-refractivity contribution >= 4 is 28.7 Å². The zero-order valence-electron chi connectivity index (χ0n) is 12.6. The highest BCUT2D eigenvalue weighted by Crippen LogP contribution is 2.36. The molecule has 0 radical (unpaired) electrons. The molecule has 2 aromatic rings. The van der Waals surface area contributed by atoms with Gasteiger partial charge >= 0.3 is 0 Å². The predicted molar refractivity (Wildman–Crippen MR) is 86.9 cm³/mol. The number of anilines is 1. The number of benzene rings is 1. The lowest BCUT2D eigenvalue weighted by Gasteiger charge is -2.32. The molecule has 1 aromatic carbocycles. The van der Waals surface area contributed by atoms with Gasteiger partial charge in [0.25, 0.3) is 6.01 Å². The van der Waals surface area contributed by atoms with Gasteiger partial charge in [-0.15, -0.1) is 0 Å².